The predicted octanol–water partition coefficient (Wildman–Crippen LogP) is 2.92. The molecule has 6 nitrogen and oxygen atoms in total. The molecule has 0 saturated carbocycles. The van der Waals surface area contributed by atoms with Gasteiger partial charge in [0.25, 0.3) is 0 Å². The molecule has 0 spiro atoms. The van der Waals surface area contributed by atoms with Crippen molar-refractivity contribution < 1.29 is 13.2 Å². The van der Waals surface area contributed by atoms with Crippen LogP contribution in [0.5, 0.6) is 0 Å². The Morgan fingerprint density at radius 3 is 2.30 bits per heavy atom. The Morgan fingerprint density at radius 1 is 1.11 bits per heavy atom. The van der Waals surface area contributed by atoms with Crippen LogP contribution >= 0.6 is 12.4 Å². The highest BCUT2D eigenvalue weighted by molar-refractivity contribution is 7.93. The average molecular weight is 410 g/mol. The van der Waals surface area contributed by atoms with E-state index < -0.39 is 22.0 Å². The van der Waals surface area contributed by atoms with E-state index in [-0.39, 0.29) is 24.1 Å². The largest absolute Gasteiger partial charge is 0.326 e. The number of carbonyl (C=O) groups is 1. The normalized spacial score (nSPS) is 17.6. The number of carbonyl (C=O) groups excluding carboxylic acids is 1. The maximum Gasteiger partial charge on any atom is 0.235 e. The number of hydrogen-bond acceptors (Lipinski definition) is 4. The molecule has 0 aliphatic carbocycles. The average Bonchev–Trinajstić information content (AvgIpc) is 3.01. The second-order valence-corrected chi connectivity index (χ2v) is 8.52. The number of nitrogens with two attached hydrogens (primary N) is 1. The lowest BCUT2D eigenvalue weighted by atomic mass is 9.94. The molecule has 1 heterocycles. The summed E-state index contributed by atoms with van der Waals surface area (Å²) >= 11 is 0. The summed E-state index contributed by atoms with van der Waals surface area (Å²) in [7, 11) is -3.20. The SMILES string of the molecule is CC(C(=O)Nc1ccc(N2CCCS2(=O)=O)cc1)C(N)c1ccccc1.Cl. The summed E-state index contributed by atoms with van der Waals surface area (Å²) in [5, 5.41) is 2.84. The number of anilines is 2. The summed E-state index contributed by atoms with van der Waals surface area (Å²) in [6, 6.07) is 15.9. The highest BCUT2D eigenvalue weighted by Crippen LogP contribution is 2.26. The Hall–Kier alpha value is -2.09. The lowest BCUT2D eigenvalue weighted by Crippen LogP contribution is -2.30. The van der Waals surface area contributed by atoms with Crippen molar-refractivity contribution in [2.75, 3.05) is 21.9 Å². The van der Waals surface area contributed by atoms with E-state index in [1.807, 2.05) is 30.3 Å². The first-order valence-corrected chi connectivity index (χ1v) is 10.2. The van der Waals surface area contributed by atoms with Gasteiger partial charge in [-0.1, -0.05) is 37.3 Å². The molecule has 2 unspecified atom stereocenters. The third-order valence-electron chi connectivity index (χ3n) is 4.66. The van der Waals surface area contributed by atoms with Crippen molar-refractivity contribution in [1.82, 2.24) is 0 Å². The van der Waals surface area contributed by atoms with Crippen LogP contribution in [0.1, 0.15) is 24.9 Å². The van der Waals surface area contributed by atoms with Gasteiger partial charge in [-0.05, 0) is 36.2 Å². The summed E-state index contributed by atoms with van der Waals surface area (Å²) < 4.78 is 25.3. The fourth-order valence-electron chi connectivity index (χ4n) is 3.02. The number of hydrogen-bond donors (Lipinski definition) is 2. The van der Waals surface area contributed by atoms with Crippen LogP contribution in [-0.2, 0) is 14.8 Å². The van der Waals surface area contributed by atoms with Gasteiger partial charge in [-0.2, -0.15) is 0 Å². The second kappa shape index (κ2) is 8.73. The minimum atomic E-state index is -3.20. The molecule has 2 atom stereocenters. The van der Waals surface area contributed by atoms with Crippen LogP contribution in [-0.4, -0.2) is 26.6 Å². The van der Waals surface area contributed by atoms with E-state index in [9.17, 15) is 13.2 Å². The maximum absolute atomic E-state index is 12.5. The molecule has 0 radical (unpaired) electrons. The van der Waals surface area contributed by atoms with Gasteiger partial charge >= 0.3 is 0 Å². The molecule has 0 aromatic heterocycles. The Morgan fingerprint density at radius 2 is 1.74 bits per heavy atom. The Labute approximate surface area is 166 Å². The minimum Gasteiger partial charge on any atom is -0.326 e. The van der Waals surface area contributed by atoms with Crippen LogP contribution in [0.4, 0.5) is 11.4 Å². The quantitative estimate of drug-likeness (QED) is 0.794. The summed E-state index contributed by atoms with van der Waals surface area (Å²) in [5.41, 5.74) is 8.34. The van der Waals surface area contributed by atoms with Crippen molar-refractivity contribution in [2.45, 2.75) is 19.4 Å². The molecule has 1 fully saturated rings. The molecular formula is C19H24ClN3O3S. The van der Waals surface area contributed by atoms with Gasteiger partial charge in [0.15, 0.2) is 0 Å². The Bertz CT molecular complexity index is 873. The van der Waals surface area contributed by atoms with Crippen LogP contribution < -0.4 is 15.4 Å². The van der Waals surface area contributed by atoms with Crippen molar-refractivity contribution in [3.63, 3.8) is 0 Å². The second-order valence-electron chi connectivity index (χ2n) is 6.50. The molecule has 8 heteroatoms. The van der Waals surface area contributed by atoms with E-state index in [0.29, 0.717) is 24.3 Å². The van der Waals surface area contributed by atoms with Gasteiger partial charge in [0, 0.05) is 18.3 Å². The molecule has 0 bridgehead atoms. The van der Waals surface area contributed by atoms with E-state index in [2.05, 4.69) is 5.32 Å². The molecule has 1 aliphatic heterocycles. The summed E-state index contributed by atoms with van der Waals surface area (Å²) in [6.45, 7) is 2.29. The Kier molecular flexibility index (Phi) is 6.86. The fourth-order valence-corrected chi connectivity index (χ4v) is 4.59. The van der Waals surface area contributed by atoms with Crippen molar-refractivity contribution in [3.05, 3.63) is 60.2 Å². The number of sulfonamides is 1. The van der Waals surface area contributed by atoms with Gasteiger partial charge in [0.2, 0.25) is 15.9 Å². The standard InChI is InChI=1S/C19H23N3O3S.ClH/c1-14(18(20)15-6-3-2-4-7-15)19(23)21-16-8-10-17(11-9-16)22-12-5-13-26(22,24)25;/h2-4,6-11,14,18H,5,12-13,20H2,1H3,(H,21,23);1H. The minimum absolute atomic E-state index is 0. The van der Waals surface area contributed by atoms with Gasteiger partial charge in [-0.15, -0.1) is 12.4 Å². The summed E-state index contributed by atoms with van der Waals surface area (Å²) in [6.07, 6.45) is 0.635. The first-order chi connectivity index (χ1) is 12.4. The number of benzene rings is 2. The van der Waals surface area contributed by atoms with Crippen molar-refractivity contribution in [1.29, 1.82) is 0 Å². The number of rotatable bonds is 5. The lowest BCUT2D eigenvalue weighted by Gasteiger charge is -2.20. The van der Waals surface area contributed by atoms with Gasteiger partial charge in [-0.25, -0.2) is 8.42 Å². The third-order valence-corrected chi connectivity index (χ3v) is 6.53. The van der Waals surface area contributed by atoms with Gasteiger partial charge in [0.05, 0.1) is 17.4 Å². The van der Waals surface area contributed by atoms with E-state index in [0.717, 1.165) is 5.56 Å². The zero-order chi connectivity index (χ0) is 18.7. The molecule has 146 valence electrons. The van der Waals surface area contributed by atoms with Gasteiger partial charge < -0.3 is 11.1 Å². The lowest BCUT2D eigenvalue weighted by molar-refractivity contribution is -0.120. The predicted molar refractivity (Wildman–Crippen MR) is 111 cm³/mol. The van der Waals surface area contributed by atoms with Gasteiger partial charge in [-0.3, -0.25) is 9.10 Å². The number of nitrogens with zero attached hydrogens (tertiary/aromatic N) is 1. The topological polar surface area (TPSA) is 92.5 Å². The first kappa shape index (κ1) is 21.2. The number of amides is 1. The van der Waals surface area contributed by atoms with E-state index >= 15 is 0 Å². The maximum atomic E-state index is 12.5. The number of halogens is 1. The molecule has 1 amide bonds. The fraction of sp³-hybridized carbons (Fsp3) is 0.316. The van der Waals surface area contributed by atoms with E-state index in [1.165, 1.54) is 4.31 Å². The third kappa shape index (κ3) is 4.80. The van der Waals surface area contributed by atoms with Gasteiger partial charge in [0.1, 0.15) is 0 Å². The highest BCUT2D eigenvalue weighted by Gasteiger charge is 2.28. The molecule has 2 aromatic rings. The Balaban J connectivity index is 0.00000261. The van der Waals surface area contributed by atoms with Crippen molar-refractivity contribution in [2.24, 2.45) is 11.7 Å². The van der Waals surface area contributed by atoms with Crippen molar-refractivity contribution >= 4 is 39.7 Å². The monoisotopic (exact) mass is 409 g/mol. The molecular weight excluding hydrogens is 386 g/mol. The first-order valence-electron chi connectivity index (χ1n) is 8.60. The van der Waals surface area contributed by atoms with Crippen LogP contribution in [0.3, 0.4) is 0 Å². The van der Waals surface area contributed by atoms with Crippen molar-refractivity contribution in [3.8, 4) is 0 Å². The molecule has 3 rings (SSSR count). The zero-order valence-corrected chi connectivity index (χ0v) is 16.7. The van der Waals surface area contributed by atoms with E-state index in [1.54, 1.807) is 31.2 Å². The molecule has 1 aliphatic rings. The smallest absolute Gasteiger partial charge is 0.235 e. The zero-order valence-electron chi connectivity index (χ0n) is 15.0. The van der Waals surface area contributed by atoms with Crippen LogP contribution in [0, 0.1) is 5.92 Å². The number of nitrogens with one attached hydrogen (secondary N) is 1. The molecule has 3 N–H and O–H groups in total. The van der Waals surface area contributed by atoms with Crippen LogP contribution in [0.25, 0.3) is 0 Å². The van der Waals surface area contributed by atoms with Crippen LogP contribution in [0.2, 0.25) is 0 Å². The highest BCUT2D eigenvalue weighted by atomic mass is 35.5. The van der Waals surface area contributed by atoms with E-state index in [4.69, 9.17) is 5.73 Å². The molecule has 27 heavy (non-hydrogen) atoms. The summed E-state index contributed by atoms with van der Waals surface area (Å²) in [4.78, 5) is 12.5. The molecule has 1 saturated heterocycles. The molecule has 2 aromatic carbocycles. The summed E-state index contributed by atoms with van der Waals surface area (Å²) in [5.74, 6) is -0.403. The van der Waals surface area contributed by atoms with Crippen LogP contribution in [0.15, 0.2) is 54.6 Å².